The number of piperidine rings is 1. The number of hydrogen-bond acceptors (Lipinski definition) is 6. The SMILES string of the molecule is CC(C)(C)OC(=O)N1CCC(CC(=O)N2CCN(C(c3ccccc3)c3ccc(-c4nc(C(C)(C)C)cs4)cc3)C[C@@H]2C(C)(C)C)CC1. The quantitative estimate of drug-likeness (QED) is 0.262. The van der Waals surface area contributed by atoms with Crippen LogP contribution in [0.15, 0.2) is 60.0 Å². The lowest BCUT2D eigenvalue weighted by Crippen LogP contribution is -2.60. The van der Waals surface area contributed by atoms with Gasteiger partial charge in [0.1, 0.15) is 10.6 Å². The highest BCUT2D eigenvalue weighted by Crippen LogP contribution is 2.37. The van der Waals surface area contributed by atoms with Crippen LogP contribution in [-0.4, -0.2) is 76.1 Å². The number of benzene rings is 2. The number of carbonyl (C=O) groups is 2. The fraction of sp³-hybridized carbons (Fsp3) is 0.575. The summed E-state index contributed by atoms with van der Waals surface area (Å²) in [6, 6.07) is 19.9. The maximum absolute atomic E-state index is 14.0. The molecule has 48 heavy (non-hydrogen) atoms. The van der Waals surface area contributed by atoms with E-state index in [4.69, 9.17) is 9.72 Å². The molecule has 0 bridgehead atoms. The van der Waals surface area contributed by atoms with E-state index in [-0.39, 0.29) is 40.8 Å². The number of aromatic nitrogens is 1. The molecule has 0 N–H and O–H groups in total. The standard InChI is InChI=1S/C40H56N4O3S/c1-38(2,3)32-27-48-36(41-32)31-17-15-30(16-18-31)35(29-13-11-10-12-14-29)43-23-24-44(33(26-43)39(4,5)6)34(45)25-28-19-21-42(22-20-28)37(46)47-40(7,8)9/h10-18,27-28,33,35H,19-26H2,1-9H3/t33-,35?/m1/s1. The number of carbonyl (C=O) groups excluding carboxylic acids is 2. The van der Waals surface area contributed by atoms with Gasteiger partial charge in [-0.15, -0.1) is 11.3 Å². The molecule has 2 saturated heterocycles. The summed E-state index contributed by atoms with van der Waals surface area (Å²) < 4.78 is 5.58. The molecule has 0 aliphatic carbocycles. The van der Waals surface area contributed by atoms with Gasteiger partial charge < -0.3 is 14.5 Å². The number of thiazole rings is 1. The molecule has 8 heteroatoms. The molecule has 0 saturated carbocycles. The summed E-state index contributed by atoms with van der Waals surface area (Å²) in [7, 11) is 0. The van der Waals surface area contributed by atoms with Crippen molar-refractivity contribution in [3.8, 4) is 10.6 Å². The minimum absolute atomic E-state index is 0.0274. The summed E-state index contributed by atoms with van der Waals surface area (Å²) >= 11 is 1.71. The Morgan fingerprint density at radius 1 is 0.854 bits per heavy atom. The van der Waals surface area contributed by atoms with Gasteiger partial charge in [0.25, 0.3) is 0 Å². The third kappa shape index (κ3) is 8.86. The van der Waals surface area contributed by atoms with Crippen LogP contribution in [0.4, 0.5) is 4.79 Å². The fourth-order valence-electron chi connectivity index (χ4n) is 6.90. The van der Waals surface area contributed by atoms with Gasteiger partial charge in [0, 0.05) is 61.5 Å². The van der Waals surface area contributed by atoms with Crippen LogP contribution < -0.4 is 0 Å². The Balaban J connectivity index is 1.30. The highest BCUT2D eigenvalue weighted by Gasteiger charge is 2.41. The molecular formula is C40H56N4O3S. The van der Waals surface area contributed by atoms with Gasteiger partial charge in [-0.3, -0.25) is 9.69 Å². The van der Waals surface area contributed by atoms with Crippen LogP contribution in [-0.2, 0) is 14.9 Å². The molecule has 2 aliphatic rings. The van der Waals surface area contributed by atoms with Crippen LogP contribution in [0.2, 0.25) is 0 Å². The largest absolute Gasteiger partial charge is 0.444 e. The maximum Gasteiger partial charge on any atom is 0.410 e. The van der Waals surface area contributed by atoms with Gasteiger partial charge >= 0.3 is 6.09 Å². The number of hydrogen-bond donors (Lipinski definition) is 0. The smallest absolute Gasteiger partial charge is 0.410 e. The van der Waals surface area contributed by atoms with Gasteiger partial charge in [-0.2, -0.15) is 0 Å². The summed E-state index contributed by atoms with van der Waals surface area (Å²) in [5, 5.41) is 3.23. The van der Waals surface area contributed by atoms with E-state index in [2.05, 4.69) is 111 Å². The molecule has 1 unspecified atom stereocenters. The number of amides is 2. The zero-order valence-electron chi connectivity index (χ0n) is 30.6. The van der Waals surface area contributed by atoms with Gasteiger partial charge in [0.05, 0.1) is 11.7 Å². The Kier molecular flexibility index (Phi) is 10.8. The highest BCUT2D eigenvalue weighted by atomic mass is 32.1. The maximum atomic E-state index is 14.0. The van der Waals surface area contributed by atoms with Crippen molar-refractivity contribution in [1.82, 2.24) is 19.7 Å². The molecule has 2 aliphatic heterocycles. The molecule has 2 atom stereocenters. The topological polar surface area (TPSA) is 66.0 Å². The van der Waals surface area contributed by atoms with Crippen molar-refractivity contribution in [2.75, 3.05) is 32.7 Å². The zero-order valence-corrected chi connectivity index (χ0v) is 31.4. The molecule has 260 valence electrons. The monoisotopic (exact) mass is 672 g/mol. The molecule has 3 aromatic rings. The van der Waals surface area contributed by atoms with E-state index < -0.39 is 5.60 Å². The molecule has 3 heterocycles. The Hall–Kier alpha value is -3.23. The predicted molar refractivity (Wildman–Crippen MR) is 196 cm³/mol. The van der Waals surface area contributed by atoms with E-state index in [1.807, 2.05) is 20.8 Å². The van der Waals surface area contributed by atoms with E-state index >= 15 is 0 Å². The van der Waals surface area contributed by atoms with Crippen LogP contribution in [0.1, 0.15) is 104 Å². The molecule has 7 nitrogen and oxygen atoms in total. The number of likely N-dealkylation sites (tertiary alicyclic amines) is 1. The van der Waals surface area contributed by atoms with Crippen molar-refractivity contribution in [3.63, 3.8) is 0 Å². The first kappa shape index (κ1) is 36.1. The van der Waals surface area contributed by atoms with E-state index in [0.717, 1.165) is 42.2 Å². The van der Waals surface area contributed by atoms with Crippen molar-refractivity contribution < 1.29 is 14.3 Å². The summed E-state index contributed by atoms with van der Waals surface area (Å²) in [6.07, 6.45) is 1.94. The first-order valence-corrected chi connectivity index (χ1v) is 18.5. The summed E-state index contributed by atoms with van der Waals surface area (Å²) in [4.78, 5) is 38.0. The van der Waals surface area contributed by atoms with Gasteiger partial charge in [-0.05, 0) is 56.1 Å². The number of nitrogens with zero attached hydrogens (tertiary/aromatic N) is 4. The Labute approximate surface area is 292 Å². The van der Waals surface area contributed by atoms with Crippen LogP contribution in [0.3, 0.4) is 0 Å². The third-order valence-corrected chi connectivity index (χ3v) is 10.6. The minimum Gasteiger partial charge on any atom is -0.444 e. The summed E-state index contributed by atoms with van der Waals surface area (Å²) in [6.45, 7) is 22.7. The van der Waals surface area contributed by atoms with Crippen molar-refractivity contribution in [2.24, 2.45) is 11.3 Å². The molecular weight excluding hydrogens is 617 g/mol. The average molecular weight is 673 g/mol. The lowest BCUT2D eigenvalue weighted by molar-refractivity contribution is -0.141. The van der Waals surface area contributed by atoms with Crippen LogP contribution in [0, 0.1) is 11.3 Å². The van der Waals surface area contributed by atoms with E-state index in [1.165, 1.54) is 11.1 Å². The van der Waals surface area contributed by atoms with E-state index in [9.17, 15) is 9.59 Å². The zero-order chi connectivity index (χ0) is 34.9. The normalized spacial score (nSPS) is 19.3. The van der Waals surface area contributed by atoms with Crippen molar-refractivity contribution in [2.45, 2.75) is 105 Å². The van der Waals surface area contributed by atoms with Crippen molar-refractivity contribution in [1.29, 1.82) is 0 Å². The molecule has 0 radical (unpaired) electrons. The Bertz CT molecular complexity index is 1520. The van der Waals surface area contributed by atoms with Gasteiger partial charge in [-0.1, -0.05) is 96.1 Å². The fourth-order valence-corrected chi connectivity index (χ4v) is 7.95. The molecule has 2 fully saturated rings. The van der Waals surface area contributed by atoms with E-state index in [0.29, 0.717) is 26.1 Å². The number of ether oxygens (including phenoxy) is 1. The van der Waals surface area contributed by atoms with Crippen molar-refractivity contribution in [3.05, 3.63) is 76.8 Å². The lowest BCUT2D eigenvalue weighted by Gasteiger charge is -2.50. The number of rotatable bonds is 6. The molecule has 2 aromatic carbocycles. The lowest BCUT2D eigenvalue weighted by atomic mass is 9.82. The highest BCUT2D eigenvalue weighted by molar-refractivity contribution is 7.13. The second-order valence-corrected chi connectivity index (χ2v) is 17.7. The van der Waals surface area contributed by atoms with Crippen molar-refractivity contribution >= 4 is 23.3 Å². The summed E-state index contributed by atoms with van der Waals surface area (Å²) in [5.41, 5.74) is 4.22. The summed E-state index contributed by atoms with van der Waals surface area (Å²) in [5.74, 6) is 0.520. The van der Waals surface area contributed by atoms with Crippen LogP contribution in [0.25, 0.3) is 10.6 Å². The average Bonchev–Trinajstić information content (AvgIpc) is 3.53. The first-order chi connectivity index (χ1) is 22.5. The second kappa shape index (κ2) is 14.3. The van der Waals surface area contributed by atoms with Gasteiger partial charge in [0.15, 0.2) is 0 Å². The minimum atomic E-state index is -0.505. The third-order valence-electron chi connectivity index (χ3n) is 9.69. The predicted octanol–water partition coefficient (Wildman–Crippen LogP) is 8.79. The molecule has 1 aromatic heterocycles. The van der Waals surface area contributed by atoms with Gasteiger partial charge in [-0.25, -0.2) is 9.78 Å². The number of piperazine rings is 1. The van der Waals surface area contributed by atoms with Crippen LogP contribution >= 0.6 is 11.3 Å². The first-order valence-electron chi connectivity index (χ1n) is 17.6. The van der Waals surface area contributed by atoms with E-state index in [1.54, 1.807) is 16.2 Å². The van der Waals surface area contributed by atoms with Crippen LogP contribution in [0.5, 0.6) is 0 Å². The molecule has 0 spiro atoms. The molecule has 5 rings (SSSR count). The van der Waals surface area contributed by atoms with Gasteiger partial charge in [0.2, 0.25) is 5.91 Å². The Morgan fingerprint density at radius 2 is 1.48 bits per heavy atom. The second-order valence-electron chi connectivity index (χ2n) is 16.8. The molecule has 2 amide bonds. The Morgan fingerprint density at radius 3 is 2.04 bits per heavy atom.